The molecular formula is C12H15BrN2OS. The zero-order valence-corrected chi connectivity index (χ0v) is 12.3. The highest BCUT2D eigenvalue weighted by Gasteiger charge is 2.27. The molecule has 0 saturated heterocycles. The molecule has 0 aromatic carbocycles. The van der Waals surface area contributed by atoms with Crippen molar-refractivity contribution in [3.8, 4) is 11.5 Å². The Kier molecular flexibility index (Phi) is 3.70. The normalized spacial score (nSPS) is 12.0. The molecule has 2 N–H and O–H groups in total. The average Bonchev–Trinajstić information content (AvgIpc) is 2.96. The number of halogens is 1. The number of rotatable bonds is 4. The zero-order valence-electron chi connectivity index (χ0n) is 9.87. The van der Waals surface area contributed by atoms with E-state index >= 15 is 0 Å². The quantitative estimate of drug-likeness (QED) is 0.922. The van der Waals surface area contributed by atoms with Gasteiger partial charge in [-0.2, -0.15) is 0 Å². The van der Waals surface area contributed by atoms with Crippen molar-refractivity contribution in [3.05, 3.63) is 27.2 Å². The molecule has 17 heavy (non-hydrogen) atoms. The lowest BCUT2D eigenvalue weighted by Crippen LogP contribution is -2.34. The van der Waals surface area contributed by atoms with E-state index < -0.39 is 0 Å². The molecule has 0 aliphatic rings. The monoisotopic (exact) mass is 314 g/mol. The Morgan fingerprint density at radius 3 is 2.65 bits per heavy atom. The minimum atomic E-state index is -0.313. The number of hydrogen-bond donors (Lipinski definition) is 1. The minimum absolute atomic E-state index is 0.313. The van der Waals surface area contributed by atoms with Gasteiger partial charge in [0.1, 0.15) is 10.7 Å². The van der Waals surface area contributed by atoms with E-state index in [1.54, 1.807) is 11.3 Å². The number of aromatic nitrogens is 1. The molecule has 3 nitrogen and oxygen atoms in total. The predicted octanol–water partition coefficient (Wildman–Crippen LogP) is 4.14. The van der Waals surface area contributed by atoms with E-state index in [0.29, 0.717) is 4.67 Å². The Labute approximate surface area is 113 Å². The highest BCUT2D eigenvalue weighted by molar-refractivity contribution is 9.10. The lowest BCUT2D eigenvalue weighted by atomic mass is 9.95. The largest absolute Gasteiger partial charge is 0.448 e. The maximum absolute atomic E-state index is 6.32. The molecule has 2 rings (SSSR count). The van der Waals surface area contributed by atoms with Crippen LogP contribution in [-0.2, 0) is 5.54 Å². The number of thiazole rings is 1. The molecule has 0 radical (unpaired) electrons. The van der Waals surface area contributed by atoms with Gasteiger partial charge in [-0.1, -0.05) is 13.8 Å². The van der Waals surface area contributed by atoms with Gasteiger partial charge >= 0.3 is 0 Å². The van der Waals surface area contributed by atoms with E-state index in [1.165, 1.54) is 0 Å². The summed E-state index contributed by atoms with van der Waals surface area (Å²) in [6.07, 6.45) is 1.77. The maximum Gasteiger partial charge on any atom is 0.169 e. The van der Waals surface area contributed by atoms with Gasteiger partial charge in [0.15, 0.2) is 10.4 Å². The molecule has 0 aliphatic carbocycles. The van der Waals surface area contributed by atoms with Crippen molar-refractivity contribution in [2.24, 2.45) is 5.73 Å². The van der Waals surface area contributed by atoms with Crippen LogP contribution in [0.5, 0.6) is 0 Å². The van der Waals surface area contributed by atoms with E-state index in [2.05, 4.69) is 34.8 Å². The summed E-state index contributed by atoms with van der Waals surface area (Å²) in [5.41, 5.74) is 6.86. The summed E-state index contributed by atoms with van der Waals surface area (Å²) < 4.78 is 6.20. The van der Waals surface area contributed by atoms with E-state index in [0.717, 1.165) is 29.3 Å². The Morgan fingerprint density at radius 1 is 1.41 bits per heavy atom. The van der Waals surface area contributed by atoms with Crippen molar-refractivity contribution in [1.29, 1.82) is 0 Å². The van der Waals surface area contributed by atoms with Crippen molar-refractivity contribution < 1.29 is 4.42 Å². The Balaban J connectivity index is 2.33. The zero-order chi connectivity index (χ0) is 12.5. The van der Waals surface area contributed by atoms with Crippen molar-refractivity contribution in [3.63, 3.8) is 0 Å². The summed E-state index contributed by atoms with van der Waals surface area (Å²) in [6.45, 7) is 4.18. The second-order valence-corrected chi connectivity index (χ2v) is 5.64. The van der Waals surface area contributed by atoms with Crippen molar-refractivity contribution in [1.82, 2.24) is 4.98 Å². The first-order valence-electron chi connectivity index (χ1n) is 5.59. The van der Waals surface area contributed by atoms with Crippen molar-refractivity contribution in [2.75, 3.05) is 0 Å². The van der Waals surface area contributed by atoms with Crippen LogP contribution in [0.3, 0.4) is 0 Å². The van der Waals surface area contributed by atoms with Crippen LogP contribution < -0.4 is 5.73 Å². The topological polar surface area (TPSA) is 52.0 Å². The Morgan fingerprint density at radius 2 is 2.12 bits per heavy atom. The van der Waals surface area contributed by atoms with Crippen molar-refractivity contribution in [2.45, 2.75) is 32.2 Å². The molecule has 0 bridgehead atoms. The first kappa shape index (κ1) is 12.8. The molecular weight excluding hydrogens is 300 g/mol. The van der Waals surface area contributed by atoms with Gasteiger partial charge in [0.25, 0.3) is 0 Å². The number of furan rings is 1. The lowest BCUT2D eigenvalue weighted by Gasteiger charge is -2.23. The van der Waals surface area contributed by atoms with E-state index in [-0.39, 0.29) is 5.54 Å². The summed E-state index contributed by atoms with van der Waals surface area (Å²) in [5.74, 6) is 0.772. The summed E-state index contributed by atoms with van der Waals surface area (Å²) in [5, 5.41) is 2.97. The first-order chi connectivity index (χ1) is 8.09. The highest BCUT2D eigenvalue weighted by atomic mass is 79.9. The number of nitrogens with zero attached hydrogens (tertiary/aromatic N) is 1. The van der Waals surface area contributed by atoms with Gasteiger partial charge < -0.3 is 10.2 Å². The van der Waals surface area contributed by atoms with E-state index in [4.69, 9.17) is 10.2 Å². The molecule has 0 spiro atoms. The van der Waals surface area contributed by atoms with Crippen LogP contribution >= 0.6 is 27.3 Å². The van der Waals surface area contributed by atoms with Gasteiger partial charge in [0, 0.05) is 5.38 Å². The second kappa shape index (κ2) is 4.92. The Hall–Kier alpha value is -0.650. The molecule has 0 amide bonds. The van der Waals surface area contributed by atoms with Gasteiger partial charge in [-0.25, -0.2) is 4.98 Å². The van der Waals surface area contributed by atoms with Crippen LogP contribution in [0.2, 0.25) is 0 Å². The first-order valence-corrected chi connectivity index (χ1v) is 7.27. The van der Waals surface area contributed by atoms with Crippen LogP contribution in [-0.4, -0.2) is 4.98 Å². The fraction of sp³-hybridized carbons (Fsp3) is 0.417. The standard InChI is InChI=1S/C12H15BrN2OS/c1-3-12(14,4-2)11-15-8(7-17-11)9-5-6-10(13)16-9/h5-7H,3-4,14H2,1-2H3. The Bertz CT molecular complexity index is 502. The van der Waals surface area contributed by atoms with E-state index in [9.17, 15) is 0 Å². The molecule has 0 saturated carbocycles. The second-order valence-electron chi connectivity index (χ2n) is 4.00. The van der Waals surface area contributed by atoms with Crippen molar-refractivity contribution >= 4 is 27.3 Å². The predicted molar refractivity (Wildman–Crippen MR) is 74.0 cm³/mol. The third-order valence-corrected chi connectivity index (χ3v) is 4.51. The molecule has 5 heteroatoms. The van der Waals surface area contributed by atoms with Crippen LogP contribution in [0.25, 0.3) is 11.5 Å². The fourth-order valence-electron chi connectivity index (χ4n) is 1.62. The minimum Gasteiger partial charge on any atom is -0.448 e. The number of hydrogen-bond acceptors (Lipinski definition) is 4. The van der Waals surface area contributed by atoms with Gasteiger partial charge in [0.05, 0.1) is 5.54 Å². The van der Waals surface area contributed by atoms with Crippen LogP contribution in [0.1, 0.15) is 31.7 Å². The molecule has 0 fully saturated rings. The van der Waals surface area contributed by atoms with Gasteiger partial charge in [0.2, 0.25) is 0 Å². The smallest absolute Gasteiger partial charge is 0.169 e. The summed E-state index contributed by atoms with van der Waals surface area (Å²) in [4.78, 5) is 4.59. The molecule has 2 aromatic rings. The summed E-state index contributed by atoms with van der Waals surface area (Å²) in [7, 11) is 0. The van der Waals surface area contributed by atoms with Gasteiger partial charge in [-0.3, -0.25) is 0 Å². The highest BCUT2D eigenvalue weighted by Crippen LogP contribution is 2.32. The molecule has 92 valence electrons. The molecule has 0 atom stereocenters. The van der Waals surface area contributed by atoms with E-state index in [1.807, 2.05) is 17.5 Å². The lowest BCUT2D eigenvalue weighted by molar-refractivity contribution is 0.410. The molecule has 2 heterocycles. The van der Waals surface area contributed by atoms with Crippen LogP contribution in [0, 0.1) is 0 Å². The average molecular weight is 315 g/mol. The number of nitrogens with two attached hydrogens (primary N) is 1. The van der Waals surface area contributed by atoms with Crippen LogP contribution in [0.4, 0.5) is 0 Å². The molecule has 0 unspecified atom stereocenters. The van der Waals surface area contributed by atoms with Crippen LogP contribution in [0.15, 0.2) is 26.6 Å². The van der Waals surface area contributed by atoms with Gasteiger partial charge in [-0.15, -0.1) is 11.3 Å². The third-order valence-electron chi connectivity index (χ3n) is 3.02. The summed E-state index contributed by atoms with van der Waals surface area (Å²) in [6, 6.07) is 3.77. The maximum atomic E-state index is 6.32. The SMILES string of the molecule is CCC(N)(CC)c1nc(-c2ccc(Br)o2)cs1. The molecule has 2 aromatic heterocycles. The fourth-order valence-corrected chi connectivity index (χ4v) is 2.99. The molecule has 0 aliphatic heterocycles. The summed E-state index contributed by atoms with van der Waals surface area (Å²) >= 11 is 4.89. The van der Waals surface area contributed by atoms with Gasteiger partial charge in [-0.05, 0) is 40.9 Å². The third kappa shape index (κ3) is 2.46.